The largest absolute Gasteiger partial charge is 0.478 e. The van der Waals surface area contributed by atoms with Crippen LogP contribution in [0.15, 0.2) is 42.5 Å². The van der Waals surface area contributed by atoms with E-state index >= 15 is 0 Å². The number of carboxylic acids is 2. The molecule has 0 aromatic heterocycles. The normalized spacial score (nSPS) is 10.3. The number of carbonyl (C=O) groups is 3. The number of hydrogen-bond donors (Lipinski definition) is 4. The molecule has 130 valence electrons. The van der Waals surface area contributed by atoms with Gasteiger partial charge in [-0.3, -0.25) is 4.79 Å². The Morgan fingerprint density at radius 1 is 0.880 bits per heavy atom. The fourth-order valence-electron chi connectivity index (χ4n) is 2.37. The molecular weight excluding hydrogens is 326 g/mol. The van der Waals surface area contributed by atoms with Crippen LogP contribution in [0.5, 0.6) is 0 Å². The fourth-order valence-corrected chi connectivity index (χ4v) is 2.37. The summed E-state index contributed by atoms with van der Waals surface area (Å²) < 4.78 is 0. The SMILES string of the molecule is O=C(O)c1cc(CCCO)ccc1NC(=O)c1ccccc1C(=O)O. The first-order valence-corrected chi connectivity index (χ1v) is 7.54. The van der Waals surface area contributed by atoms with Gasteiger partial charge in [0.05, 0.1) is 22.4 Å². The number of hydrogen-bond acceptors (Lipinski definition) is 4. The molecule has 0 heterocycles. The molecule has 0 aliphatic heterocycles. The van der Waals surface area contributed by atoms with Crippen molar-refractivity contribution in [2.24, 2.45) is 0 Å². The van der Waals surface area contributed by atoms with Crippen LogP contribution in [0.2, 0.25) is 0 Å². The van der Waals surface area contributed by atoms with Crippen LogP contribution in [0.25, 0.3) is 0 Å². The predicted octanol–water partition coefficient (Wildman–Crippen LogP) is 2.26. The predicted molar refractivity (Wildman–Crippen MR) is 90.2 cm³/mol. The van der Waals surface area contributed by atoms with Crippen molar-refractivity contribution >= 4 is 23.5 Å². The Bertz CT molecular complexity index is 815. The monoisotopic (exact) mass is 343 g/mol. The molecule has 0 saturated carbocycles. The summed E-state index contributed by atoms with van der Waals surface area (Å²) in [5, 5.41) is 29.8. The van der Waals surface area contributed by atoms with E-state index in [9.17, 15) is 19.5 Å². The van der Waals surface area contributed by atoms with Gasteiger partial charge in [-0.1, -0.05) is 18.2 Å². The Kier molecular flexibility index (Phi) is 5.86. The molecule has 0 radical (unpaired) electrons. The zero-order chi connectivity index (χ0) is 18.4. The summed E-state index contributed by atoms with van der Waals surface area (Å²) in [4.78, 5) is 35.0. The number of nitrogens with one attached hydrogen (secondary N) is 1. The van der Waals surface area contributed by atoms with Crippen molar-refractivity contribution in [3.05, 3.63) is 64.7 Å². The lowest BCUT2D eigenvalue weighted by molar-refractivity contribution is 0.0684. The molecule has 0 unspecified atom stereocenters. The Morgan fingerprint density at radius 3 is 2.12 bits per heavy atom. The summed E-state index contributed by atoms with van der Waals surface area (Å²) in [7, 11) is 0. The molecule has 4 N–H and O–H groups in total. The van der Waals surface area contributed by atoms with E-state index in [1.165, 1.54) is 36.4 Å². The molecule has 1 amide bonds. The lowest BCUT2D eigenvalue weighted by Gasteiger charge is -2.11. The van der Waals surface area contributed by atoms with Gasteiger partial charge in [0.15, 0.2) is 0 Å². The van der Waals surface area contributed by atoms with Gasteiger partial charge in [-0.05, 0) is 42.7 Å². The molecule has 0 aliphatic rings. The molecule has 0 spiro atoms. The summed E-state index contributed by atoms with van der Waals surface area (Å²) in [6, 6.07) is 10.2. The number of aromatic carboxylic acids is 2. The number of anilines is 1. The molecule has 0 fully saturated rings. The Morgan fingerprint density at radius 2 is 1.52 bits per heavy atom. The standard InChI is InChI=1S/C18H17NO6/c20-9-3-4-11-7-8-15(14(10-11)18(24)25)19-16(21)12-5-1-2-6-13(12)17(22)23/h1-2,5-8,10,20H,3-4,9H2,(H,19,21)(H,22,23)(H,24,25). The summed E-state index contributed by atoms with van der Waals surface area (Å²) in [5.41, 5.74) is 0.463. The quantitative estimate of drug-likeness (QED) is 0.611. The van der Waals surface area contributed by atoms with Gasteiger partial charge in [-0.15, -0.1) is 0 Å². The van der Waals surface area contributed by atoms with Crippen LogP contribution < -0.4 is 5.32 Å². The minimum atomic E-state index is -1.25. The Labute approximate surface area is 143 Å². The highest BCUT2D eigenvalue weighted by Gasteiger charge is 2.18. The van der Waals surface area contributed by atoms with E-state index in [0.29, 0.717) is 12.8 Å². The number of aliphatic hydroxyl groups is 1. The van der Waals surface area contributed by atoms with E-state index in [1.807, 2.05) is 0 Å². The molecule has 2 aromatic carbocycles. The minimum absolute atomic E-state index is 0.00708. The molecule has 0 atom stereocenters. The van der Waals surface area contributed by atoms with Gasteiger partial charge >= 0.3 is 11.9 Å². The van der Waals surface area contributed by atoms with Crippen LogP contribution >= 0.6 is 0 Å². The second kappa shape index (κ2) is 8.07. The van der Waals surface area contributed by atoms with Gasteiger partial charge in [0, 0.05) is 6.61 Å². The Balaban J connectivity index is 2.32. The number of carboxylic acid groups (broad SMARTS) is 2. The van der Waals surface area contributed by atoms with E-state index in [1.54, 1.807) is 6.07 Å². The van der Waals surface area contributed by atoms with Crippen molar-refractivity contribution in [3.8, 4) is 0 Å². The van der Waals surface area contributed by atoms with Crippen LogP contribution in [0.3, 0.4) is 0 Å². The van der Waals surface area contributed by atoms with E-state index in [-0.39, 0.29) is 29.0 Å². The smallest absolute Gasteiger partial charge is 0.337 e. The van der Waals surface area contributed by atoms with Crippen LogP contribution in [0.1, 0.15) is 43.1 Å². The van der Waals surface area contributed by atoms with Crippen molar-refractivity contribution in [2.75, 3.05) is 11.9 Å². The third kappa shape index (κ3) is 4.42. The maximum Gasteiger partial charge on any atom is 0.337 e. The second-order valence-electron chi connectivity index (χ2n) is 5.32. The van der Waals surface area contributed by atoms with Crippen LogP contribution in [0.4, 0.5) is 5.69 Å². The van der Waals surface area contributed by atoms with Crippen LogP contribution in [0, 0.1) is 0 Å². The van der Waals surface area contributed by atoms with Gasteiger partial charge < -0.3 is 20.6 Å². The maximum atomic E-state index is 12.4. The van der Waals surface area contributed by atoms with E-state index < -0.39 is 17.8 Å². The lowest BCUT2D eigenvalue weighted by atomic mass is 10.0. The molecule has 7 heteroatoms. The van der Waals surface area contributed by atoms with Crippen molar-refractivity contribution in [2.45, 2.75) is 12.8 Å². The molecule has 7 nitrogen and oxygen atoms in total. The molecule has 0 aliphatic carbocycles. The van der Waals surface area contributed by atoms with Gasteiger partial charge in [0.25, 0.3) is 5.91 Å². The second-order valence-corrected chi connectivity index (χ2v) is 5.32. The molecule has 2 aromatic rings. The van der Waals surface area contributed by atoms with Crippen LogP contribution in [-0.2, 0) is 6.42 Å². The average molecular weight is 343 g/mol. The third-order valence-corrected chi connectivity index (χ3v) is 3.59. The number of carbonyl (C=O) groups excluding carboxylic acids is 1. The number of aliphatic hydroxyl groups excluding tert-OH is 1. The lowest BCUT2D eigenvalue weighted by Crippen LogP contribution is -2.18. The average Bonchev–Trinajstić information content (AvgIpc) is 2.60. The van der Waals surface area contributed by atoms with E-state index in [0.717, 1.165) is 5.56 Å². The van der Waals surface area contributed by atoms with Gasteiger partial charge in [-0.2, -0.15) is 0 Å². The van der Waals surface area contributed by atoms with Crippen molar-refractivity contribution in [1.82, 2.24) is 0 Å². The summed E-state index contributed by atoms with van der Waals surface area (Å²) >= 11 is 0. The van der Waals surface area contributed by atoms with Gasteiger partial charge in [0.1, 0.15) is 0 Å². The summed E-state index contributed by atoms with van der Waals surface area (Å²) in [6.45, 7) is -0.00708. The van der Waals surface area contributed by atoms with E-state index in [2.05, 4.69) is 5.32 Å². The highest BCUT2D eigenvalue weighted by Crippen LogP contribution is 2.20. The van der Waals surface area contributed by atoms with Gasteiger partial charge in [0.2, 0.25) is 0 Å². The Hall–Kier alpha value is -3.19. The number of benzene rings is 2. The topological polar surface area (TPSA) is 124 Å². The zero-order valence-electron chi connectivity index (χ0n) is 13.2. The molecule has 0 bridgehead atoms. The summed E-state index contributed by atoms with van der Waals surface area (Å²) in [6.07, 6.45) is 1.00. The highest BCUT2D eigenvalue weighted by atomic mass is 16.4. The molecule has 25 heavy (non-hydrogen) atoms. The van der Waals surface area contributed by atoms with Crippen molar-refractivity contribution in [1.29, 1.82) is 0 Å². The van der Waals surface area contributed by atoms with Gasteiger partial charge in [-0.25, -0.2) is 9.59 Å². The first-order chi connectivity index (χ1) is 11.9. The number of amides is 1. The van der Waals surface area contributed by atoms with E-state index in [4.69, 9.17) is 10.2 Å². The van der Waals surface area contributed by atoms with Crippen molar-refractivity contribution < 1.29 is 29.7 Å². The van der Waals surface area contributed by atoms with Crippen LogP contribution in [-0.4, -0.2) is 39.8 Å². The first kappa shape index (κ1) is 18.2. The summed E-state index contributed by atoms with van der Waals surface area (Å²) in [5.74, 6) is -3.17. The number of aryl methyl sites for hydroxylation is 1. The zero-order valence-corrected chi connectivity index (χ0v) is 13.2. The first-order valence-electron chi connectivity index (χ1n) is 7.54. The molecular formula is C18H17NO6. The van der Waals surface area contributed by atoms with Crippen molar-refractivity contribution in [3.63, 3.8) is 0 Å². The highest BCUT2D eigenvalue weighted by molar-refractivity contribution is 6.12. The minimum Gasteiger partial charge on any atom is -0.478 e. The molecule has 2 rings (SSSR count). The molecule has 0 saturated heterocycles. The third-order valence-electron chi connectivity index (χ3n) is 3.59. The maximum absolute atomic E-state index is 12.4. The number of rotatable bonds is 7. The fraction of sp³-hybridized carbons (Fsp3) is 0.167.